The highest BCUT2D eigenvalue weighted by Crippen LogP contribution is 2.25. The van der Waals surface area contributed by atoms with Crippen LogP contribution in [0, 0.1) is 5.92 Å². The van der Waals surface area contributed by atoms with Gasteiger partial charge in [-0.3, -0.25) is 4.79 Å². The molecule has 11 heavy (non-hydrogen) atoms. The normalized spacial score (nSPS) is 31.8. The first-order chi connectivity index (χ1) is 5.24. The van der Waals surface area contributed by atoms with Crippen molar-refractivity contribution in [1.29, 1.82) is 0 Å². The van der Waals surface area contributed by atoms with Gasteiger partial charge < -0.3 is 5.11 Å². The standard InChI is InChI=1S/C8H13BrO2/c9-5-8(11)6-2-1-3-7(10)4-6/h6-7,10H,1-5H2. The van der Waals surface area contributed by atoms with Crippen LogP contribution in [0.5, 0.6) is 0 Å². The first-order valence-electron chi connectivity index (χ1n) is 4.00. The van der Waals surface area contributed by atoms with Crippen LogP contribution in [-0.2, 0) is 4.79 Å². The summed E-state index contributed by atoms with van der Waals surface area (Å²) in [6.45, 7) is 0. The molecule has 0 amide bonds. The third kappa shape index (κ3) is 2.56. The predicted octanol–water partition coefficient (Wildman–Crippen LogP) is 1.50. The molecule has 0 radical (unpaired) electrons. The van der Waals surface area contributed by atoms with Crippen molar-refractivity contribution in [2.24, 2.45) is 5.92 Å². The summed E-state index contributed by atoms with van der Waals surface area (Å²) >= 11 is 3.14. The van der Waals surface area contributed by atoms with E-state index in [2.05, 4.69) is 15.9 Å². The average Bonchev–Trinajstić information content (AvgIpc) is 2.03. The second-order valence-corrected chi connectivity index (χ2v) is 3.68. The van der Waals surface area contributed by atoms with Crippen molar-refractivity contribution >= 4 is 21.7 Å². The van der Waals surface area contributed by atoms with Gasteiger partial charge in [-0.15, -0.1) is 0 Å². The van der Waals surface area contributed by atoms with Crippen molar-refractivity contribution in [1.82, 2.24) is 0 Å². The molecule has 2 nitrogen and oxygen atoms in total. The fourth-order valence-electron chi connectivity index (χ4n) is 1.57. The van der Waals surface area contributed by atoms with Crippen LogP contribution in [0.4, 0.5) is 0 Å². The van der Waals surface area contributed by atoms with Gasteiger partial charge in [-0.2, -0.15) is 0 Å². The van der Waals surface area contributed by atoms with Crippen LogP contribution in [0.15, 0.2) is 0 Å². The van der Waals surface area contributed by atoms with E-state index in [0.717, 1.165) is 19.3 Å². The van der Waals surface area contributed by atoms with Gasteiger partial charge in [-0.25, -0.2) is 0 Å². The Morgan fingerprint density at radius 1 is 1.55 bits per heavy atom. The molecule has 1 aliphatic carbocycles. The van der Waals surface area contributed by atoms with Crippen molar-refractivity contribution < 1.29 is 9.90 Å². The molecule has 1 saturated carbocycles. The molecule has 1 aliphatic rings. The minimum absolute atomic E-state index is 0.109. The molecule has 64 valence electrons. The number of hydrogen-bond acceptors (Lipinski definition) is 2. The fraction of sp³-hybridized carbons (Fsp3) is 0.875. The molecule has 2 unspecified atom stereocenters. The van der Waals surface area contributed by atoms with Crippen LogP contribution in [-0.4, -0.2) is 22.3 Å². The van der Waals surface area contributed by atoms with Crippen molar-refractivity contribution in [3.05, 3.63) is 0 Å². The smallest absolute Gasteiger partial charge is 0.146 e. The Morgan fingerprint density at radius 2 is 2.27 bits per heavy atom. The molecule has 2 atom stereocenters. The van der Waals surface area contributed by atoms with Gasteiger partial charge in [0.15, 0.2) is 0 Å². The van der Waals surface area contributed by atoms with E-state index < -0.39 is 0 Å². The highest BCUT2D eigenvalue weighted by atomic mass is 79.9. The lowest BCUT2D eigenvalue weighted by atomic mass is 9.85. The molecule has 0 aromatic heterocycles. The van der Waals surface area contributed by atoms with Crippen LogP contribution in [0.2, 0.25) is 0 Å². The SMILES string of the molecule is O=C(CBr)C1CCCC(O)C1. The number of hydrogen-bond donors (Lipinski definition) is 1. The van der Waals surface area contributed by atoms with Crippen molar-refractivity contribution in [3.63, 3.8) is 0 Å². The number of Topliss-reactive ketones (excluding diaryl/α,β-unsaturated/α-hetero) is 1. The van der Waals surface area contributed by atoms with E-state index in [0.29, 0.717) is 11.8 Å². The van der Waals surface area contributed by atoms with E-state index in [1.807, 2.05) is 0 Å². The Morgan fingerprint density at radius 3 is 2.82 bits per heavy atom. The van der Waals surface area contributed by atoms with Gasteiger partial charge in [-0.05, 0) is 19.3 Å². The number of carbonyl (C=O) groups is 1. The van der Waals surface area contributed by atoms with Gasteiger partial charge in [0.2, 0.25) is 0 Å². The average molecular weight is 221 g/mol. The minimum atomic E-state index is -0.239. The summed E-state index contributed by atoms with van der Waals surface area (Å²) in [4.78, 5) is 11.2. The lowest BCUT2D eigenvalue weighted by molar-refractivity contribution is -0.122. The highest BCUT2D eigenvalue weighted by Gasteiger charge is 2.24. The molecule has 0 spiro atoms. The number of carbonyl (C=O) groups excluding carboxylic acids is 1. The lowest BCUT2D eigenvalue weighted by Gasteiger charge is -2.23. The van der Waals surface area contributed by atoms with Gasteiger partial charge in [0.1, 0.15) is 5.78 Å². The Bertz CT molecular complexity index is 147. The van der Waals surface area contributed by atoms with E-state index in [-0.39, 0.29) is 17.8 Å². The fourth-order valence-corrected chi connectivity index (χ4v) is 2.02. The summed E-state index contributed by atoms with van der Waals surface area (Å²) in [6.07, 6.45) is 3.25. The molecular formula is C8H13BrO2. The molecule has 0 heterocycles. The quantitative estimate of drug-likeness (QED) is 0.717. The summed E-state index contributed by atoms with van der Waals surface area (Å²) in [5, 5.41) is 9.69. The van der Waals surface area contributed by atoms with Gasteiger partial charge in [-0.1, -0.05) is 22.4 Å². The van der Waals surface area contributed by atoms with Gasteiger partial charge in [0, 0.05) is 5.92 Å². The Labute approximate surface area is 75.1 Å². The molecule has 1 N–H and O–H groups in total. The number of halogens is 1. The van der Waals surface area contributed by atoms with Crippen LogP contribution in [0.25, 0.3) is 0 Å². The summed E-state index contributed by atoms with van der Waals surface area (Å²) in [5.74, 6) is 0.349. The zero-order valence-corrected chi connectivity index (χ0v) is 8.01. The second-order valence-electron chi connectivity index (χ2n) is 3.12. The number of rotatable bonds is 2. The van der Waals surface area contributed by atoms with Crippen LogP contribution < -0.4 is 0 Å². The van der Waals surface area contributed by atoms with Gasteiger partial charge >= 0.3 is 0 Å². The maximum atomic E-state index is 11.2. The highest BCUT2D eigenvalue weighted by molar-refractivity contribution is 9.09. The minimum Gasteiger partial charge on any atom is -0.393 e. The predicted molar refractivity (Wildman–Crippen MR) is 46.8 cm³/mol. The summed E-state index contributed by atoms with van der Waals surface area (Å²) in [5.41, 5.74) is 0. The van der Waals surface area contributed by atoms with Gasteiger partial charge in [0.25, 0.3) is 0 Å². The molecule has 0 saturated heterocycles. The molecule has 0 aliphatic heterocycles. The van der Waals surface area contributed by atoms with Gasteiger partial charge in [0.05, 0.1) is 11.4 Å². The Hall–Kier alpha value is 0.110. The number of ketones is 1. The first-order valence-corrected chi connectivity index (χ1v) is 5.13. The Balaban J connectivity index is 2.39. The third-order valence-electron chi connectivity index (χ3n) is 2.23. The van der Waals surface area contributed by atoms with Crippen LogP contribution >= 0.6 is 15.9 Å². The molecule has 3 heteroatoms. The van der Waals surface area contributed by atoms with E-state index in [4.69, 9.17) is 0 Å². The summed E-state index contributed by atoms with van der Waals surface area (Å²) in [7, 11) is 0. The molecule has 0 aromatic carbocycles. The van der Waals surface area contributed by atoms with Crippen LogP contribution in [0.3, 0.4) is 0 Å². The summed E-state index contributed by atoms with van der Waals surface area (Å²) in [6, 6.07) is 0. The van der Waals surface area contributed by atoms with E-state index in [1.165, 1.54) is 0 Å². The zero-order valence-electron chi connectivity index (χ0n) is 6.42. The number of aliphatic hydroxyl groups is 1. The molecule has 1 fully saturated rings. The van der Waals surface area contributed by atoms with Crippen molar-refractivity contribution in [3.8, 4) is 0 Å². The first kappa shape index (κ1) is 9.20. The largest absolute Gasteiger partial charge is 0.393 e. The van der Waals surface area contributed by atoms with Crippen LogP contribution in [0.1, 0.15) is 25.7 Å². The molecule has 0 aromatic rings. The van der Waals surface area contributed by atoms with E-state index in [1.54, 1.807) is 0 Å². The second kappa shape index (κ2) is 4.21. The maximum absolute atomic E-state index is 11.2. The third-order valence-corrected chi connectivity index (χ3v) is 2.79. The monoisotopic (exact) mass is 220 g/mol. The van der Waals surface area contributed by atoms with E-state index >= 15 is 0 Å². The molecule has 0 bridgehead atoms. The number of aliphatic hydroxyl groups excluding tert-OH is 1. The molecule has 1 rings (SSSR count). The van der Waals surface area contributed by atoms with Crippen molar-refractivity contribution in [2.45, 2.75) is 31.8 Å². The molecular weight excluding hydrogens is 208 g/mol. The maximum Gasteiger partial charge on any atom is 0.146 e. The van der Waals surface area contributed by atoms with E-state index in [9.17, 15) is 9.90 Å². The summed E-state index contributed by atoms with van der Waals surface area (Å²) < 4.78 is 0. The zero-order chi connectivity index (χ0) is 8.27. The topological polar surface area (TPSA) is 37.3 Å². The lowest BCUT2D eigenvalue weighted by Crippen LogP contribution is -2.26. The Kier molecular flexibility index (Phi) is 3.52. The number of alkyl halides is 1. The van der Waals surface area contributed by atoms with Crippen molar-refractivity contribution in [2.75, 3.05) is 5.33 Å².